The molecule has 66 heavy (non-hydrogen) atoms. The molecule has 0 saturated heterocycles. The highest BCUT2D eigenvalue weighted by molar-refractivity contribution is 5.70. The number of carbonyl (C=O) groups excluding carboxylic acids is 3. The van der Waals surface area contributed by atoms with E-state index in [0.29, 0.717) is 19.3 Å². The number of hydrogen-bond acceptors (Lipinski definition) is 7. The molecule has 0 bridgehead atoms. The molecular weight excluding hydrogens is 823 g/mol. The molecule has 0 heterocycles. The van der Waals surface area contributed by atoms with E-state index in [-0.39, 0.29) is 42.7 Å². The minimum atomic E-state index is -1.13. The molecule has 2 atom stereocenters. The summed E-state index contributed by atoms with van der Waals surface area (Å²) in [6, 6.07) is -0.737. The zero-order valence-corrected chi connectivity index (χ0v) is 43.1. The van der Waals surface area contributed by atoms with Crippen molar-refractivity contribution in [3.8, 4) is 0 Å². The van der Waals surface area contributed by atoms with Crippen molar-refractivity contribution in [1.29, 1.82) is 0 Å². The third-order valence-electron chi connectivity index (χ3n) is 11.5. The number of carbonyl (C=O) groups is 3. The van der Waals surface area contributed by atoms with Gasteiger partial charge in [0.05, 0.1) is 40.3 Å². The van der Waals surface area contributed by atoms with Crippen LogP contribution in [0.25, 0.3) is 0 Å². The van der Waals surface area contributed by atoms with Crippen molar-refractivity contribution in [1.82, 2.24) is 0 Å². The van der Waals surface area contributed by atoms with Crippen LogP contribution in [0.2, 0.25) is 0 Å². The van der Waals surface area contributed by atoms with Crippen LogP contribution < -0.4 is 5.11 Å². The predicted octanol–water partition coefficient (Wildman–Crippen LogP) is 14.3. The molecule has 8 nitrogen and oxygen atoms in total. The zero-order valence-electron chi connectivity index (χ0n) is 43.1. The number of allylic oxidation sites excluding steroid dienone is 14. The van der Waals surface area contributed by atoms with E-state index in [2.05, 4.69) is 98.9 Å². The Hall–Kier alpha value is -3.49. The minimum absolute atomic E-state index is 0.0234. The van der Waals surface area contributed by atoms with Crippen LogP contribution in [0.4, 0.5) is 0 Å². The Labute approximate surface area is 405 Å². The summed E-state index contributed by atoms with van der Waals surface area (Å²) >= 11 is 0. The molecule has 0 aliphatic rings. The molecule has 8 heteroatoms. The van der Waals surface area contributed by atoms with E-state index in [1.54, 1.807) is 21.1 Å². The lowest BCUT2D eigenvalue weighted by Gasteiger charge is -2.34. The predicted molar refractivity (Wildman–Crippen MR) is 277 cm³/mol. The van der Waals surface area contributed by atoms with E-state index in [9.17, 15) is 19.5 Å². The lowest BCUT2D eigenvalue weighted by atomic mass is 10.0. The Morgan fingerprint density at radius 3 is 1.29 bits per heavy atom. The van der Waals surface area contributed by atoms with Gasteiger partial charge in [0.1, 0.15) is 12.6 Å². The van der Waals surface area contributed by atoms with Gasteiger partial charge in [0.2, 0.25) is 0 Å². The fraction of sp³-hybridized carbons (Fsp3) is 0.707. The second kappa shape index (κ2) is 48.0. The summed E-state index contributed by atoms with van der Waals surface area (Å²) < 4.78 is 17.2. The summed E-state index contributed by atoms with van der Waals surface area (Å²) in [5.74, 6) is -1.79. The third kappa shape index (κ3) is 45.7. The van der Waals surface area contributed by atoms with Gasteiger partial charge in [-0.05, 0) is 89.9 Å². The monoisotopic (exact) mass is 922 g/mol. The molecule has 0 amide bonds. The molecule has 0 aliphatic heterocycles. The van der Waals surface area contributed by atoms with Crippen LogP contribution in [0.15, 0.2) is 85.1 Å². The molecule has 0 aromatic rings. The van der Waals surface area contributed by atoms with Crippen molar-refractivity contribution < 1.29 is 38.2 Å². The molecular formula is C58H99NO7. The van der Waals surface area contributed by atoms with Crippen LogP contribution in [-0.4, -0.2) is 75.5 Å². The first-order chi connectivity index (χ1) is 32.1. The van der Waals surface area contributed by atoms with Crippen LogP contribution in [0.1, 0.15) is 213 Å². The van der Waals surface area contributed by atoms with Gasteiger partial charge in [-0.25, -0.2) is 0 Å². The van der Waals surface area contributed by atoms with Gasteiger partial charge in [-0.1, -0.05) is 189 Å². The fourth-order valence-corrected chi connectivity index (χ4v) is 7.42. The number of aliphatic carboxylic acids is 1. The smallest absolute Gasteiger partial charge is 0.306 e. The second-order valence-electron chi connectivity index (χ2n) is 18.7. The largest absolute Gasteiger partial charge is 0.544 e. The quantitative estimate of drug-likeness (QED) is 0.0259. The number of ether oxygens (including phenoxy) is 3. The highest BCUT2D eigenvalue weighted by Gasteiger charge is 2.25. The molecule has 0 aliphatic carbocycles. The number of quaternary nitrogens is 1. The normalized spacial score (nSPS) is 13.5. The summed E-state index contributed by atoms with van der Waals surface area (Å²) in [7, 11) is 5.40. The maximum absolute atomic E-state index is 12.8. The van der Waals surface area contributed by atoms with Gasteiger partial charge in [-0.2, -0.15) is 0 Å². The zero-order chi connectivity index (χ0) is 48.4. The van der Waals surface area contributed by atoms with Gasteiger partial charge in [-0.3, -0.25) is 9.59 Å². The Morgan fingerprint density at radius 1 is 0.470 bits per heavy atom. The minimum Gasteiger partial charge on any atom is -0.544 e. The Morgan fingerprint density at radius 2 is 0.848 bits per heavy atom. The van der Waals surface area contributed by atoms with E-state index >= 15 is 0 Å². The number of nitrogens with zero attached hydrogens (tertiary/aromatic N) is 1. The fourth-order valence-electron chi connectivity index (χ4n) is 7.42. The first-order valence-corrected chi connectivity index (χ1v) is 26.6. The van der Waals surface area contributed by atoms with Crippen LogP contribution in [0, 0.1) is 0 Å². The highest BCUT2D eigenvalue weighted by atomic mass is 16.6. The van der Waals surface area contributed by atoms with E-state index in [1.807, 2.05) is 0 Å². The van der Waals surface area contributed by atoms with E-state index < -0.39 is 18.1 Å². The summed E-state index contributed by atoms with van der Waals surface area (Å²) in [6.45, 7) is 4.50. The van der Waals surface area contributed by atoms with Gasteiger partial charge in [0.15, 0.2) is 6.10 Å². The maximum atomic E-state index is 12.8. The van der Waals surface area contributed by atoms with Crippen LogP contribution in [0.5, 0.6) is 0 Å². The molecule has 0 fully saturated rings. The van der Waals surface area contributed by atoms with Gasteiger partial charge < -0.3 is 28.6 Å². The molecule has 378 valence electrons. The SMILES string of the molecule is CC/C=C/C/C=C/CCCCCCCCCCCCCCCCC(=O)OC(COCCC(C(=O)[O-])[N+](C)(C)C)COC(=O)CCCC/C=C/C/C=C/C/C=C/C/C=C/C/C=C/CCCCC. The van der Waals surface area contributed by atoms with Gasteiger partial charge in [0, 0.05) is 19.3 Å². The lowest BCUT2D eigenvalue weighted by Crippen LogP contribution is -2.55. The van der Waals surface area contributed by atoms with Crippen LogP contribution in [0.3, 0.4) is 0 Å². The summed E-state index contributed by atoms with van der Waals surface area (Å²) in [5.41, 5.74) is 0. The van der Waals surface area contributed by atoms with Crippen LogP contribution in [-0.2, 0) is 28.6 Å². The van der Waals surface area contributed by atoms with E-state index in [1.165, 1.54) is 103 Å². The average molecular weight is 922 g/mol. The summed E-state index contributed by atoms with van der Waals surface area (Å²) in [5, 5.41) is 11.7. The van der Waals surface area contributed by atoms with Gasteiger partial charge in [0.25, 0.3) is 0 Å². The molecule has 0 saturated carbocycles. The molecule has 2 unspecified atom stereocenters. The van der Waals surface area contributed by atoms with Gasteiger partial charge in [-0.15, -0.1) is 0 Å². The molecule has 0 N–H and O–H groups in total. The van der Waals surface area contributed by atoms with Crippen molar-refractivity contribution in [2.45, 2.75) is 225 Å². The molecule has 0 radical (unpaired) electrons. The van der Waals surface area contributed by atoms with Gasteiger partial charge >= 0.3 is 11.9 Å². The van der Waals surface area contributed by atoms with E-state index in [0.717, 1.165) is 70.6 Å². The average Bonchev–Trinajstić information content (AvgIpc) is 3.28. The standard InChI is InChI=1S/C58H99NO7/c1-6-8-10-12-14-16-18-20-22-24-26-28-30-32-34-36-38-40-42-44-46-48-56(60)65-53-54(52-64-51-50-55(58(62)63)59(3,4)5)66-57(61)49-47-45-43-41-39-37-35-33-31-29-27-25-23-21-19-17-15-13-11-9-7-2/h9,11,14-17,20,22,26,28,32,34,38,40,54-55H,6-8,10,12-13,18-19,21,23-25,27,29-31,33,35-37,39,41-53H2,1-5H3/b11-9+,16-14+,17-15+,22-20+,28-26+,34-32+,40-38+. The van der Waals surface area contributed by atoms with Crippen molar-refractivity contribution in [3.05, 3.63) is 85.1 Å². The first kappa shape index (κ1) is 62.5. The van der Waals surface area contributed by atoms with Crippen molar-refractivity contribution in [2.24, 2.45) is 0 Å². The van der Waals surface area contributed by atoms with E-state index in [4.69, 9.17) is 14.2 Å². The Kier molecular flexibility index (Phi) is 45.4. The lowest BCUT2D eigenvalue weighted by molar-refractivity contribution is -0.889. The van der Waals surface area contributed by atoms with Crippen molar-refractivity contribution in [2.75, 3.05) is 41.0 Å². The topological polar surface area (TPSA) is 102 Å². The molecule has 0 aromatic carbocycles. The van der Waals surface area contributed by atoms with Crippen molar-refractivity contribution in [3.63, 3.8) is 0 Å². The second-order valence-corrected chi connectivity index (χ2v) is 18.7. The number of likely N-dealkylation sites (N-methyl/N-ethyl adjacent to an activating group) is 1. The number of esters is 2. The first-order valence-electron chi connectivity index (χ1n) is 26.6. The third-order valence-corrected chi connectivity index (χ3v) is 11.5. The van der Waals surface area contributed by atoms with Crippen molar-refractivity contribution >= 4 is 17.9 Å². The molecule has 0 aromatic heterocycles. The maximum Gasteiger partial charge on any atom is 0.306 e. The summed E-state index contributed by atoms with van der Waals surface area (Å²) in [4.78, 5) is 37.1. The molecule has 0 spiro atoms. The highest BCUT2D eigenvalue weighted by Crippen LogP contribution is 2.15. The number of carboxylic acid groups (broad SMARTS) is 1. The number of hydrogen-bond donors (Lipinski definition) is 0. The summed E-state index contributed by atoms with van der Waals surface area (Å²) in [6.07, 6.45) is 63.3. The Balaban J connectivity index is 4.30. The molecule has 0 rings (SSSR count). The Bertz CT molecular complexity index is 1350. The van der Waals surface area contributed by atoms with Crippen LogP contribution >= 0.6 is 0 Å². The number of unbranched alkanes of at least 4 members (excludes halogenated alkanes) is 19. The number of rotatable bonds is 47. The number of carboxylic acids is 1.